The molecule has 0 unspecified atom stereocenters. The van der Waals surface area contributed by atoms with E-state index in [0.717, 1.165) is 22.2 Å². The van der Waals surface area contributed by atoms with Crippen LogP contribution in [0.3, 0.4) is 0 Å². The van der Waals surface area contributed by atoms with Crippen LogP contribution in [-0.2, 0) is 0 Å². The molecular formula is C14H13N3O. The van der Waals surface area contributed by atoms with Crippen LogP contribution in [0, 0.1) is 6.92 Å². The first-order valence-electron chi connectivity index (χ1n) is 5.69. The molecule has 1 aromatic heterocycles. The molecule has 0 aliphatic carbocycles. The second-order valence-corrected chi connectivity index (χ2v) is 4.36. The molecule has 3 rings (SSSR count). The van der Waals surface area contributed by atoms with Gasteiger partial charge in [-0.25, -0.2) is 0 Å². The lowest BCUT2D eigenvalue weighted by Gasteiger charge is -2.03. The van der Waals surface area contributed by atoms with E-state index in [1.165, 1.54) is 0 Å². The van der Waals surface area contributed by atoms with Crippen molar-refractivity contribution in [1.29, 1.82) is 0 Å². The second kappa shape index (κ2) is 3.77. The van der Waals surface area contributed by atoms with Crippen LogP contribution < -0.4 is 5.73 Å². The minimum absolute atomic E-state index is 0.219. The van der Waals surface area contributed by atoms with Crippen LogP contribution in [0.15, 0.2) is 36.4 Å². The average Bonchev–Trinajstić information content (AvgIpc) is 2.77. The predicted octanol–water partition coefficient (Wildman–Crippen LogP) is 2.83. The molecule has 90 valence electrons. The van der Waals surface area contributed by atoms with E-state index in [1.807, 2.05) is 37.3 Å². The van der Waals surface area contributed by atoms with Crippen molar-refractivity contribution in [3.63, 3.8) is 0 Å². The van der Waals surface area contributed by atoms with E-state index >= 15 is 0 Å². The number of anilines is 1. The van der Waals surface area contributed by atoms with E-state index in [1.54, 1.807) is 6.07 Å². The second-order valence-electron chi connectivity index (χ2n) is 4.36. The number of nitrogens with zero attached hydrogens (tertiary/aromatic N) is 1. The summed E-state index contributed by atoms with van der Waals surface area (Å²) < 4.78 is 0. The van der Waals surface area contributed by atoms with Crippen molar-refractivity contribution in [2.24, 2.45) is 0 Å². The van der Waals surface area contributed by atoms with Crippen molar-refractivity contribution in [3.05, 3.63) is 42.0 Å². The first-order chi connectivity index (χ1) is 8.66. The summed E-state index contributed by atoms with van der Waals surface area (Å²) in [6, 6.07) is 11.1. The van der Waals surface area contributed by atoms with Crippen molar-refractivity contribution < 1.29 is 5.11 Å². The summed E-state index contributed by atoms with van der Waals surface area (Å²) in [6.07, 6.45) is 0. The quantitative estimate of drug-likeness (QED) is 0.571. The molecule has 3 aromatic rings. The van der Waals surface area contributed by atoms with Crippen LogP contribution in [0.5, 0.6) is 5.75 Å². The lowest BCUT2D eigenvalue weighted by molar-refractivity contribution is 0.477. The van der Waals surface area contributed by atoms with Gasteiger partial charge in [0.25, 0.3) is 0 Å². The number of aromatic nitrogens is 2. The third-order valence-corrected chi connectivity index (χ3v) is 3.04. The largest absolute Gasteiger partial charge is 0.507 e. The summed E-state index contributed by atoms with van der Waals surface area (Å²) in [5.41, 5.74) is 9.84. The van der Waals surface area contributed by atoms with Crippen molar-refractivity contribution in [2.45, 2.75) is 6.92 Å². The van der Waals surface area contributed by atoms with Crippen LogP contribution in [0.25, 0.3) is 22.2 Å². The Kier molecular flexibility index (Phi) is 2.23. The molecule has 0 spiro atoms. The summed E-state index contributed by atoms with van der Waals surface area (Å²) >= 11 is 0. The highest BCUT2D eigenvalue weighted by Crippen LogP contribution is 2.34. The van der Waals surface area contributed by atoms with Gasteiger partial charge in [0.2, 0.25) is 0 Å². The van der Waals surface area contributed by atoms with Crippen LogP contribution >= 0.6 is 0 Å². The van der Waals surface area contributed by atoms with Gasteiger partial charge in [-0.3, -0.25) is 5.10 Å². The Labute approximate surface area is 104 Å². The monoisotopic (exact) mass is 239 g/mol. The highest BCUT2D eigenvalue weighted by Gasteiger charge is 2.13. The summed E-state index contributed by atoms with van der Waals surface area (Å²) in [4.78, 5) is 0. The molecule has 18 heavy (non-hydrogen) atoms. The number of hydrogen-bond donors (Lipinski definition) is 3. The Bertz CT molecular complexity index is 731. The molecule has 0 radical (unpaired) electrons. The Balaban J connectivity index is 2.32. The molecule has 1 heterocycles. The fraction of sp³-hybridized carbons (Fsp3) is 0.0714. The number of nitrogens with two attached hydrogens (primary N) is 1. The maximum Gasteiger partial charge on any atom is 0.125 e. The number of phenolic OH excluding ortho intramolecular Hbond substituents is 1. The number of fused-ring (bicyclic) bond motifs is 1. The highest BCUT2D eigenvalue weighted by molar-refractivity contribution is 5.99. The van der Waals surface area contributed by atoms with Gasteiger partial charge in [-0.2, -0.15) is 5.10 Å². The Hall–Kier alpha value is -2.49. The van der Waals surface area contributed by atoms with Crippen LogP contribution in [0.2, 0.25) is 0 Å². The number of H-pyrrole nitrogens is 1. The molecule has 2 aromatic carbocycles. The average molecular weight is 239 g/mol. The SMILES string of the molecule is Cc1ccc(O)c(-c2n[nH]c3c(N)cccc23)c1. The van der Waals surface area contributed by atoms with Crippen LogP contribution in [0.4, 0.5) is 5.69 Å². The van der Waals surface area contributed by atoms with E-state index in [0.29, 0.717) is 11.3 Å². The maximum absolute atomic E-state index is 9.95. The van der Waals surface area contributed by atoms with E-state index in [9.17, 15) is 5.11 Å². The van der Waals surface area contributed by atoms with E-state index in [-0.39, 0.29) is 5.75 Å². The van der Waals surface area contributed by atoms with E-state index in [4.69, 9.17) is 5.73 Å². The fourth-order valence-electron chi connectivity index (χ4n) is 2.11. The Morgan fingerprint density at radius 1 is 1.22 bits per heavy atom. The van der Waals surface area contributed by atoms with Gasteiger partial charge in [-0.05, 0) is 25.1 Å². The third kappa shape index (κ3) is 1.50. The zero-order valence-corrected chi connectivity index (χ0v) is 9.94. The van der Waals surface area contributed by atoms with Crippen molar-refractivity contribution >= 4 is 16.6 Å². The molecule has 4 nitrogen and oxygen atoms in total. The number of aryl methyl sites for hydroxylation is 1. The summed E-state index contributed by atoms with van der Waals surface area (Å²) in [5, 5.41) is 18.0. The molecule has 0 bridgehead atoms. The zero-order chi connectivity index (χ0) is 12.7. The Morgan fingerprint density at radius 2 is 2.06 bits per heavy atom. The number of nitrogens with one attached hydrogen (secondary N) is 1. The lowest BCUT2D eigenvalue weighted by atomic mass is 10.0. The molecule has 4 heteroatoms. The number of aromatic amines is 1. The first-order valence-corrected chi connectivity index (χ1v) is 5.69. The molecule has 0 saturated heterocycles. The number of hydrogen-bond acceptors (Lipinski definition) is 3. The molecule has 4 N–H and O–H groups in total. The fourth-order valence-corrected chi connectivity index (χ4v) is 2.11. The van der Waals surface area contributed by atoms with Gasteiger partial charge >= 0.3 is 0 Å². The van der Waals surface area contributed by atoms with Crippen molar-refractivity contribution in [2.75, 3.05) is 5.73 Å². The topological polar surface area (TPSA) is 74.9 Å². The minimum Gasteiger partial charge on any atom is -0.507 e. The van der Waals surface area contributed by atoms with Gasteiger partial charge in [0.15, 0.2) is 0 Å². The molecule has 0 aliphatic heterocycles. The van der Waals surface area contributed by atoms with Gasteiger partial charge in [0, 0.05) is 10.9 Å². The predicted molar refractivity (Wildman–Crippen MR) is 72.3 cm³/mol. The molecular weight excluding hydrogens is 226 g/mol. The van der Waals surface area contributed by atoms with Gasteiger partial charge in [-0.15, -0.1) is 0 Å². The molecule has 0 aliphatic rings. The van der Waals surface area contributed by atoms with Crippen molar-refractivity contribution in [1.82, 2.24) is 10.2 Å². The van der Waals surface area contributed by atoms with Gasteiger partial charge in [-0.1, -0.05) is 23.8 Å². The molecule has 0 amide bonds. The van der Waals surface area contributed by atoms with Crippen LogP contribution in [0.1, 0.15) is 5.56 Å². The number of benzene rings is 2. The third-order valence-electron chi connectivity index (χ3n) is 3.04. The highest BCUT2D eigenvalue weighted by atomic mass is 16.3. The lowest BCUT2D eigenvalue weighted by Crippen LogP contribution is -1.85. The smallest absolute Gasteiger partial charge is 0.125 e. The van der Waals surface area contributed by atoms with Crippen LogP contribution in [-0.4, -0.2) is 15.3 Å². The van der Waals surface area contributed by atoms with Gasteiger partial charge < -0.3 is 10.8 Å². The summed E-state index contributed by atoms with van der Waals surface area (Å²) in [7, 11) is 0. The molecule has 0 saturated carbocycles. The molecule has 0 fully saturated rings. The number of phenols is 1. The normalized spacial score (nSPS) is 10.9. The standard InChI is InChI=1S/C14H13N3O/c1-8-5-6-12(18)10(7-8)13-9-3-2-4-11(15)14(9)17-16-13/h2-7,18H,15H2,1H3,(H,16,17). The molecule has 0 atom stereocenters. The number of nitrogen functional groups attached to an aromatic ring is 1. The number of para-hydroxylation sites is 1. The van der Waals surface area contributed by atoms with Crippen molar-refractivity contribution in [3.8, 4) is 17.0 Å². The minimum atomic E-state index is 0.219. The first kappa shape index (κ1) is 10.7. The maximum atomic E-state index is 9.95. The van der Waals surface area contributed by atoms with E-state index < -0.39 is 0 Å². The van der Waals surface area contributed by atoms with Gasteiger partial charge in [0.05, 0.1) is 11.2 Å². The zero-order valence-electron chi connectivity index (χ0n) is 9.94. The number of aromatic hydroxyl groups is 1. The van der Waals surface area contributed by atoms with Gasteiger partial charge in [0.1, 0.15) is 11.4 Å². The summed E-state index contributed by atoms with van der Waals surface area (Å²) in [5.74, 6) is 0.219. The Morgan fingerprint density at radius 3 is 2.89 bits per heavy atom. The number of rotatable bonds is 1. The van der Waals surface area contributed by atoms with E-state index in [2.05, 4.69) is 10.2 Å². The summed E-state index contributed by atoms with van der Waals surface area (Å²) in [6.45, 7) is 1.98.